The van der Waals surface area contributed by atoms with E-state index in [0.717, 1.165) is 6.07 Å². The number of carbonyl (C=O) groups is 1. The first-order valence-electron chi connectivity index (χ1n) is 5.62. The zero-order valence-corrected chi connectivity index (χ0v) is 10.0. The van der Waals surface area contributed by atoms with Crippen LogP contribution in [0.5, 0.6) is 0 Å². The minimum absolute atomic E-state index is 0.00176. The van der Waals surface area contributed by atoms with E-state index in [1.165, 1.54) is 0 Å². The van der Waals surface area contributed by atoms with Crippen molar-refractivity contribution in [3.05, 3.63) is 56.7 Å². The first-order chi connectivity index (χ1) is 9.61. The lowest BCUT2D eigenvalue weighted by molar-refractivity contribution is 0.0950. The van der Waals surface area contributed by atoms with Crippen LogP contribution in [0.2, 0.25) is 0 Å². The molecule has 0 radical (unpaired) electrons. The maximum Gasteiger partial charge on any atom is 0.349 e. The summed E-state index contributed by atoms with van der Waals surface area (Å²) in [5.41, 5.74) is 0.249. The molecule has 3 rings (SSSR count). The third-order valence-electron chi connectivity index (χ3n) is 2.88. The highest BCUT2D eigenvalue weighted by molar-refractivity contribution is 6.03. The Morgan fingerprint density at radius 2 is 1.80 bits per heavy atom. The number of nitrogen functional groups attached to an aromatic ring is 1. The smallest absolute Gasteiger partial charge is 0.349 e. The number of para-hydroxylation sites is 1. The van der Waals surface area contributed by atoms with Crippen molar-refractivity contribution in [3.63, 3.8) is 0 Å². The van der Waals surface area contributed by atoms with Gasteiger partial charge in [0.05, 0.1) is 5.39 Å². The molecule has 0 aliphatic heterocycles. The summed E-state index contributed by atoms with van der Waals surface area (Å²) < 4.78 is 10.2. The fourth-order valence-corrected chi connectivity index (χ4v) is 1.96. The number of amides is 1. The molecule has 100 valence electrons. The third-order valence-corrected chi connectivity index (χ3v) is 2.88. The van der Waals surface area contributed by atoms with Crippen molar-refractivity contribution >= 4 is 27.8 Å². The van der Waals surface area contributed by atoms with Crippen molar-refractivity contribution in [2.45, 2.75) is 0 Å². The average molecular weight is 272 g/mol. The van der Waals surface area contributed by atoms with E-state index < -0.39 is 17.2 Å². The van der Waals surface area contributed by atoms with Crippen LogP contribution >= 0.6 is 0 Å². The number of hydrogen-bond donors (Lipinski definition) is 2. The fraction of sp³-hybridized carbons (Fsp3) is 0. The summed E-state index contributed by atoms with van der Waals surface area (Å²) in [7, 11) is 0. The van der Waals surface area contributed by atoms with Crippen LogP contribution in [0.1, 0.15) is 10.4 Å². The van der Waals surface area contributed by atoms with Crippen LogP contribution in [0.3, 0.4) is 0 Å². The highest BCUT2D eigenvalue weighted by atomic mass is 16.4. The zero-order chi connectivity index (χ0) is 14.3. The van der Waals surface area contributed by atoms with Gasteiger partial charge in [-0.1, -0.05) is 12.1 Å². The minimum Gasteiger partial charge on any atom is -0.422 e. The standard InChI is InChI=1S/C13H8N2O5/c14-15-11(16)8-5-7-10(20-13(8)18)6-3-1-2-4-9(6)19-12(7)17/h1-5H,14H2,(H,15,16). The highest BCUT2D eigenvalue weighted by Crippen LogP contribution is 2.21. The first-order valence-corrected chi connectivity index (χ1v) is 5.62. The molecular weight excluding hydrogens is 264 g/mol. The lowest BCUT2D eigenvalue weighted by Crippen LogP contribution is -2.33. The van der Waals surface area contributed by atoms with Crippen LogP contribution in [0.15, 0.2) is 48.8 Å². The minimum atomic E-state index is -0.879. The number of nitrogens with two attached hydrogens (primary N) is 1. The Kier molecular flexibility index (Phi) is 2.62. The van der Waals surface area contributed by atoms with Gasteiger partial charge in [0.2, 0.25) is 0 Å². The Bertz CT molecular complexity index is 954. The number of nitrogens with one attached hydrogen (secondary N) is 1. The molecule has 1 amide bonds. The average Bonchev–Trinajstić information content (AvgIpc) is 2.46. The Morgan fingerprint density at radius 3 is 2.55 bits per heavy atom. The Balaban J connectivity index is 2.51. The number of carbonyl (C=O) groups excluding carboxylic acids is 1. The summed E-state index contributed by atoms with van der Waals surface area (Å²) in [4.78, 5) is 35.1. The zero-order valence-electron chi connectivity index (χ0n) is 10.0. The van der Waals surface area contributed by atoms with E-state index >= 15 is 0 Å². The van der Waals surface area contributed by atoms with E-state index in [9.17, 15) is 14.4 Å². The molecule has 0 atom stereocenters. The summed E-state index contributed by atoms with van der Waals surface area (Å²) in [5.74, 6) is 4.12. The fourth-order valence-electron chi connectivity index (χ4n) is 1.96. The second-order valence-electron chi connectivity index (χ2n) is 4.05. The lowest BCUT2D eigenvalue weighted by Gasteiger charge is -2.02. The molecule has 0 unspecified atom stereocenters. The predicted molar refractivity (Wildman–Crippen MR) is 70.2 cm³/mol. The van der Waals surface area contributed by atoms with Crippen LogP contribution in [-0.4, -0.2) is 5.91 Å². The van der Waals surface area contributed by atoms with Crippen LogP contribution < -0.4 is 22.5 Å². The van der Waals surface area contributed by atoms with E-state index in [1.54, 1.807) is 24.3 Å². The molecule has 1 aromatic carbocycles. The van der Waals surface area contributed by atoms with Crippen molar-refractivity contribution in [1.82, 2.24) is 5.43 Å². The second-order valence-corrected chi connectivity index (χ2v) is 4.05. The van der Waals surface area contributed by atoms with Gasteiger partial charge in [-0.25, -0.2) is 15.4 Å². The number of rotatable bonds is 1. The number of hydrazine groups is 1. The number of benzene rings is 1. The molecule has 3 aromatic rings. The van der Waals surface area contributed by atoms with Gasteiger partial charge in [0.15, 0.2) is 5.58 Å². The molecule has 7 nitrogen and oxygen atoms in total. The molecule has 0 fully saturated rings. The summed E-state index contributed by atoms with van der Waals surface area (Å²) in [5, 5.41) is 0.473. The second kappa shape index (κ2) is 4.32. The van der Waals surface area contributed by atoms with Crippen molar-refractivity contribution in [2.75, 3.05) is 0 Å². The largest absolute Gasteiger partial charge is 0.422 e. The van der Waals surface area contributed by atoms with Gasteiger partial charge in [0.25, 0.3) is 5.91 Å². The van der Waals surface area contributed by atoms with Gasteiger partial charge in [-0.15, -0.1) is 0 Å². The summed E-state index contributed by atoms with van der Waals surface area (Å²) in [6.45, 7) is 0. The van der Waals surface area contributed by atoms with Gasteiger partial charge < -0.3 is 8.83 Å². The van der Waals surface area contributed by atoms with Crippen LogP contribution in [0.4, 0.5) is 0 Å². The van der Waals surface area contributed by atoms with Crippen molar-refractivity contribution < 1.29 is 13.6 Å². The predicted octanol–water partition coefficient (Wildman–Crippen LogP) is 0.503. The third kappa shape index (κ3) is 1.69. The van der Waals surface area contributed by atoms with Gasteiger partial charge in [-0.2, -0.15) is 0 Å². The van der Waals surface area contributed by atoms with Crippen molar-refractivity contribution in [3.8, 4) is 0 Å². The lowest BCUT2D eigenvalue weighted by atomic mass is 10.1. The van der Waals surface area contributed by atoms with Crippen molar-refractivity contribution in [1.29, 1.82) is 0 Å². The molecule has 0 aliphatic rings. The maximum absolute atomic E-state index is 11.9. The van der Waals surface area contributed by atoms with E-state index in [1.807, 2.05) is 5.43 Å². The summed E-state index contributed by atoms with van der Waals surface area (Å²) in [6.07, 6.45) is 0. The molecule has 2 heterocycles. The summed E-state index contributed by atoms with van der Waals surface area (Å²) in [6, 6.07) is 7.73. The van der Waals surface area contributed by atoms with Gasteiger partial charge in [-0.3, -0.25) is 10.2 Å². The Hall–Kier alpha value is -2.93. The molecule has 20 heavy (non-hydrogen) atoms. The molecule has 0 saturated heterocycles. The maximum atomic E-state index is 11.9. The van der Waals surface area contributed by atoms with Gasteiger partial charge in [0, 0.05) is 0 Å². The number of fused-ring (bicyclic) bond motifs is 3. The first kappa shape index (κ1) is 12.1. The van der Waals surface area contributed by atoms with E-state index in [-0.39, 0.29) is 16.5 Å². The van der Waals surface area contributed by atoms with E-state index in [4.69, 9.17) is 14.7 Å². The van der Waals surface area contributed by atoms with Gasteiger partial charge in [-0.05, 0) is 18.2 Å². The van der Waals surface area contributed by atoms with Crippen LogP contribution in [-0.2, 0) is 0 Å². The molecule has 7 heteroatoms. The molecule has 0 bridgehead atoms. The quantitative estimate of drug-likeness (QED) is 0.219. The topological polar surface area (TPSA) is 116 Å². The number of hydrogen-bond acceptors (Lipinski definition) is 6. The molecular formula is C13H8N2O5. The van der Waals surface area contributed by atoms with E-state index in [0.29, 0.717) is 11.0 Å². The van der Waals surface area contributed by atoms with E-state index in [2.05, 4.69) is 0 Å². The van der Waals surface area contributed by atoms with Crippen LogP contribution in [0, 0.1) is 0 Å². The Labute approximate surface area is 110 Å². The molecule has 3 N–H and O–H groups in total. The molecule has 0 saturated carbocycles. The molecule has 0 aliphatic carbocycles. The van der Waals surface area contributed by atoms with Gasteiger partial charge >= 0.3 is 11.3 Å². The SMILES string of the molecule is NNC(=O)c1cc2c(=O)oc3ccccc3c2oc1=O. The highest BCUT2D eigenvalue weighted by Gasteiger charge is 2.16. The molecule has 0 spiro atoms. The van der Waals surface area contributed by atoms with Gasteiger partial charge in [0.1, 0.15) is 16.5 Å². The Morgan fingerprint density at radius 1 is 1.05 bits per heavy atom. The molecule has 2 aromatic heterocycles. The van der Waals surface area contributed by atoms with Crippen molar-refractivity contribution in [2.24, 2.45) is 5.84 Å². The normalized spacial score (nSPS) is 10.8. The monoisotopic (exact) mass is 272 g/mol. The van der Waals surface area contributed by atoms with Crippen LogP contribution in [0.25, 0.3) is 21.9 Å². The summed E-state index contributed by atoms with van der Waals surface area (Å²) >= 11 is 0.